The van der Waals surface area contributed by atoms with Gasteiger partial charge in [-0.1, -0.05) is 26.8 Å². The first-order valence-electron chi connectivity index (χ1n) is 12.1. The van der Waals surface area contributed by atoms with E-state index in [1.807, 2.05) is 27.7 Å². The van der Waals surface area contributed by atoms with Crippen LogP contribution in [-0.4, -0.2) is 60.3 Å². The first-order valence-corrected chi connectivity index (χ1v) is 12.1. The largest absolute Gasteiger partial charge is 0.507 e. The summed E-state index contributed by atoms with van der Waals surface area (Å²) in [6.07, 6.45) is 0. The van der Waals surface area contributed by atoms with Gasteiger partial charge in [0.2, 0.25) is 0 Å². The van der Waals surface area contributed by atoms with Crippen molar-refractivity contribution in [3.8, 4) is 17.2 Å². The van der Waals surface area contributed by atoms with E-state index < -0.39 is 17.7 Å². The zero-order valence-corrected chi connectivity index (χ0v) is 21.8. The molecule has 0 saturated carbocycles. The van der Waals surface area contributed by atoms with E-state index >= 15 is 0 Å². The lowest BCUT2D eigenvalue weighted by molar-refractivity contribution is -0.140. The van der Waals surface area contributed by atoms with Crippen molar-refractivity contribution in [1.29, 1.82) is 0 Å². The van der Waals surface area contributed by atoms with Crippen LogP contribution >= 0.6 is 0 Å². The fourth-order valence-corrected chi connectivity index (χ4v) is 4.32. The van der Waals surface area contributed by atoms with Crippen LogP contribution in [0, 0.1) is 0 Å². The van der Waals surface area contributed by atoms with Gasteiger partial charge in [-0.15, -0.1) is 0 Å². The Bertz CT molecular complexity index is 1160. The van der Waals surface area contributed by atoms with E-state index in [0.717, 1.165) is 5.56 Å². The smallest absolute Gasteiger partial charge is 0.295 e. The van der Waals surface area contributed by atoms with E-state index in [4.69, 9.17) is 14.2 Å². The van der Waals surface area contributed by atoms with Gasteiger partial charge in [-0.25, -0.2) is 0 Å². The number of aliphatic hydroxyl groups excluding tert-OH is 1. The molecule has 8 heteroatoms. The molecule has 1 aliphatic heterocycles. The molecule has 0 aliphatic carbocycles. The van der Waals surface area contributed by atoms with Gasteiger partial charge in [-0.2, -0.15) is 0 Å². The fourth-order valence-electron chi connectivity index (χ4n) is 4.32. The Morgan fingerprint density at radius 3 is 2.28 bits per heavy atom. The van der Waals surface area contributed by atoms with Crippen LogP contribution in [0.5, 0.6) is 17.2 Å². The third-order valence-electron chi connectivity index (χ3n) is 6.04. The van der Waals surface area contributed by atoms with Crippen LogP contribution in [0.1, 0.15) is 57.4 Å². The van der Waals surface area contributed by atoms with Crippen molar-refractivity contribution in [3.05, 3.63) is 58.7 Å². The summed E-state index contributed by atoms with van der Waals surface area (Å²) in [5.41, 5.74) is 1.46. The highest BCUT2D eigenvalue weighted by atomic mass is 16.5. The average molecular weight is 498 g/mol. The SMILES string of the molecule is CCOc1cc(C2/C(=C(\O)c3ccc(OCC)c(C(C)(C)C)c3)C(=O)C(=O)N2CCOC)ccc1O. The van der Waals surface area contributed by atoms with Crippen molar-refractivity contribution in [2.75, 3.05) is 33.5 Å². The zero-order valence-electron chi connectivity index (χ0n) is 21.8. The summed E-state index contributed by atoms with van der Waals surface area (Å²) in [6, 6.07) is 9.00. The second kappa shape index (κ2) is 11.0. The summed E-state index contributed by atoms with van der Waals surface area (Å²) >= 11 is 0. The number of rotatable bonds is 9. The Labute approximate surface area is 212 Å². The lowest BCUT2D eigenvalue weighted by Crippen LogP contribution is -2.32. The summed E-state index contributed by atoms with van der Waals surface area (Å²) in [5.74, 6) is -0.937. The minimum absolute atomic E-state index is 0.0340. The number of benzene rings is 2. The number of carbonyl (C=O) groups is 2. The average Bonchev–Trinajstić information content (AvgIpc) is 3.08. The molecule has 8 nitrogen and oxygen atoms in total. The van der Waals surface area contributed by atoms with E-state index in [1.54, 1.807) is 37.3 Å². The number of ether oxygens (including phenoxy) is 3. The van der Waals surface area contributed by atoms with E-state index in [-0.39, 0.29) is 41.4 Å². The molecule has 1 amide bonds. The number of likely N-dealkylation sites (tertiary alicyclic amines) is 1. The van der Waals surface area contributed by atoms with Gasteiger partial charge in [0, 0.05) is 24.8 Å². The van der Waals surface area contributed by atoms with Crippen LogP contribution in [0.15, 0.2) is 42.0 Å². The third kappa shape index (κ3) is 5.33. The van der Waals surface area contributed by atoms with Gasteiger partial charge in [0.1, 0.15) is 11.5 Å². The lowest BCUT2D eigenvalue weighted by atomic mass is 9.84. The highest BCUT2D eigenvalue weighted by Gasteiger charge is 2.46. The molecule has 1 heterocycles. The molecule has 0 radical (unpaired) electrons. The Morgan fingerprint density at radius 2 is 1.67 bits per heavy atom. The van der Waals surface area contributed by atoms with E-state index in [0.29, 0.717) is 30.1 Å². The van der Waals surface area contributed by atoms with Gasteiger partial charge in [-0.3, -0.25) is 9.59 Å². The number of amides is 1. The van der Waals surface area contributed by atoms with Gasteiger partial charge in [-0.05, 0) is 55.2 Å². The molecule has 2 aromatic carbocycles. The number of nitrogens with zero attached hydrogens (tertiary/aromatic N) is 1. The second-order valence-electron chi connectivity index (χ2n) is 9.54. The molecular formula is C28H35NO7. The monoisotopic (exact) mass is 497 g/mol. The molecule has 1 aliphatic rings. The Morgan fingerprint density at radius 1 is 1.00 bits per heavy atom. The van der Waals surface area contributed by atoms with Gasteiger partial charge >= 0.3 is 0 Å². The first-order chi connectivity index (χ1) is 17.0. The molecule has 194 valence electrons. The molecule has 1 saturated heterocycles. The quantitative estimate of drug-likeness (QED) is 0.297. The number of phenols is 1. The summed E-state index contributed by atoms with van der Waals surface area (Å²) in [6.45, 7) is 10.9. The number of phenolic OH excluding ortho intramolecular Hbond substituents is 1. The standard InChI is InChI=1S/C28H35NO7/c1-7-35-21-12-10-18(15-19(21)28(3,4)5)25(31)23-24(29(13-14-34-6)27(33)26(23)32)17-9-11-20(30)22(16-17)36-8-2/h9-12,15-16,24,30-31H,7-8,13-14H2,1-6H3/b25-23+. The molecule has 2 N–H and O–H groups in total. The van der Waals surface area contributed by atoms with Crippen LogP contribution in [0.4, 0.5) is 0 Å². The molecule has 1 unspecified atom stereocenters. The van der Waals surface area contributed by atoms with Gasteiger partial charge in [0.15, 0.2) is 11.5 Å². The molecule has 0 bridgehead atoms. The van der Waals surface area contributed by atoms with E-state index in [9.17, 15) is 19.8 Å². The number of Topliss-reactive ketones (excluding diaryl/α,β-unsaturated/α-hetero) is 1. The predicted octanol–water partition coefficient (Wildman–Crippen LogP) is 4.56. The van der Waals surface area contributed by atoms with Crippen LogP contribution in [0.3, 0.4) is 0 Å². The Balaban J connectivity index is 2.23. The summed E-state index contributed by atoms with van der Waals surface area (Å²) in [5, 5.41) is 21.6. The van der Waals surface area contributed by atoms with Gasteiger partial charge in [0.05, 0.1) is 31.4 Å². The van der Waals surface area contributed by atoms with Gasteiger partial charge in [0.25, 0.3) is 11.7 Å². The number of hydrogen-bond donors (Lipinski definition) is 2. The predicted molar refractivity (Wildman–Crippen MR) is 136 cm³/mol. The Kier molecular flexibility index (Phi) is 8.30. The van der Waals surface area contributed by atoms with Crippen molar-refractivity contribution in [2.45, 2.75) is 46.1 Å². The van der Waals surface area contributed by atoms with E-state index in [2.05, 4.69) is 0 Å². The third-order valence-corrected chi connectivity index (χ3v) is 6.04. The molecule has 3 rings (SSSR count). The van der Waals surface area contributed by atoms with Crippen LogP contribution in [0.2, 0.25) is 0 Å². The fraction of sp³-hybridized carbons (Fsp3) is 0.429. The van der Waals surface area contributed by atoms with Crippen molar-refractivity contribution in [1.82, 2.24) is 4.90 Å². The number of carbonyl (C=O) groups excluding carboxylic acids is 2. The Hall–Kier alpha value is -3.52. The minimum atomic E-state index is -0.885. The van der Waals surface area contributed by atoms with Crippen LogP contribution in [0.25, 0.3) is 5.76 Å². The van der Waals surface area contributed by atoms with Crippen molar-refractivity contribution < 1.29 is 34.0 Å². The second-order valence-corrected chi connectivity index (χ2v) is 9.54. The molecule has 1 atom stereocenters. The number of ketones is 1. The first kappa shape index (κ1) is 27.1. The maximum atomic E-state index is 13.3. The summed E-state index contributed by atoms with van der Waals surface area (Å²) in [4.78, 5) is 27.7. The van der Waals surface area contributed by atoms with Gasteiger partial charge < -0.3 is 29.3 Å². The summed E-state index contributed by atoms with van der Waals surface area (Å²) in [7, 11) is 1.51. The molecular weight excluding hydrogens is 462 g/mol. The lowest BCUT2D eigenvalue weighted by Gasteiger charge is -2.26. The highest BCUT2D eigenvalue weighted by molar-refractivity contribution is 6.46. The maximum absolute atomic E-state index is 13.3. The molecule has 36 heavy (non-hydrogen) atoms. The van der Waals surface area contributed by atoms with E-state index in [1.165, 1.54) is 18.1 Å². The number of aromatic hydroxyl groups is 1. The molecule has 0 aromatic heterocycles. The molecule has 0 spiro atoms. The number of aliphatic hydroxyl groups is 1. The van der Waals surface area contributed by atoms with Crippen LogP contribution in [-0.2, 0) is 19.7 Å². The number of hydrogen-bond acceptors (Lipinski definition) is 7. The molecule has 2 aromatic rings. The normalized spacial score (nSPS) is 17.5. The van der Waals surface area contributed by atoms with Crippen molar-refractivity contribution in [2.24, 2.45) is 0 Å². The zero-order chi connectivity index (χ0) is 26.6. The highest BCUT2D eigenvalue weighted by Crippen LogP contribution is 2.42. The summed E-state index contributed by atoms with van der Waals surface area (Å²) < 4.78 is 16.5. The topological polar surface area (TPSA) is 106 Å². The van der Waals surface area contributed by atoms with Crippen molar-refractivity contribution in [3.63, 3.8) is 0 Å². The van der Waals surface area contributed by atoms with Crippen molar-refractivity contribution >= 4 is 17.4 Å². The number of methoxy groups -OCH3 is 1. The maximum Gasteiger partial charge on any atom is 0.295 e. The minimum Gasteiger partial charge on any atom is -0.507 e. The molecule has 1 fully saturated rings. The van der Waals surface area contributed by atoms with Crippen LogP contribution < -0.4 is 9.47 Å².